The zero-order valence-electron chi connectivity index (χ0n) is 12.3. The van der Waals surface area contributed by atoms with Crippen LogP contribution < -0.4 is 15.8 Å². The van der Waals surface area contributed by atoms with E-state index in [1.165, 1.54) is 25.6 Å². The number of rotatable bonds is 4. The first-order valence-electron chi connectivity index (χ1n) is 7.52. The van der Waals surface area contributed by atoms with Crippen LogP contribution in [0.3, 0.4) is 0 Å². The van der Waals surface area contributed by atoms with Gasteiger partial charge in [-0.2, -0.15) is 4.98 Å². The molecule has 0 unspecified atom stereocenters. The molecular formula is C16H19ClN4O. The van der Waals surface area contributed by atoms with E-state index in [2.05, 4.69) is 15.3 Å². The largest absolute Gasteiger partial charge is 0.473 e. The van der Waals surface area contributed by atoms with Crippen LogP contribution in [0.4, 0.5) is 17.2 Å². The number of benzene rings is 1. The van der Waals surface area contributed by atoms with E-state index in [0.717, 1.165) is 18.5 Å². The van der Waals surface area contributed by atoms with Crippen molar-refractivity contribution in [3.8, 4) is 5.88 Å². The number of hydrogen-bond acceptors (Lipinski definition) is 5. The van der Waals surface area contributed by atoms with E-state index in [1.807, 2.05) is 12.1 Å². The second-order valence-corrected chi connectivity index (χ2v) is 5.89. The molecule has 0 aliphatic heterocycles. The topological polar surface area (TPSA) is 73.1 Å². The van der Waals surface area contributed by atoms with Gasteiger partial charge in [-0.3, -0.25) is 0 Å². The SMILES string of the molecule is Nc1c(Nc2ccc(Cl)cc2)ncnc1OC1CCCCC1. The third-order valence-electron chi connectivity index (χ3n) is 3.78. The third-order valence-corrected chi connectivity index (χ3v) is 4.04. The van der Waals surface area contributed by atoms with E-state index in [1.54, 1.807) is 12.1 Å². The molecule has 6 heteroatoms. The zero-order valence-corrected chi connectivity index (χ0v) is 13.0. The van der Waals surface area contributed by atoms with Gasteiger partial charge in [0.15, 0.2) is 5.82 Å². The van der Waals surface area contributed by atoms with Crippen molar-refractivity contribution in [1.29, 1.82) is 0 Å². The number of aromatic nitrogens is 2. The molecule has 5 nitrogen and oxygen atoms in total. The van der Waals surface area contributed by atoms with Crippen LogP contribution in [0.1, 0.15) is 32.1 Å². The molecular weight excluding hydrogens is 300 g/mol. The minimum Gasteiger partial charge on any atom is -0.473 e. The lowest BCUT2D eigenvalue weighted by Crippen LogP contribution is -2.21. The highest BCUT2D eigenvalue weighted by Gasteiger charge is 2.18. The van der Waals surface area contributed by atoms with Crippen molar-refractivity contribution in [2.75, 3.05) is 11.1 Å². The predicted molar refractivity (Wildman–Crippen MR) is 88.7 cm³/mol. The minimum atomic E-state index is 0.203. The van der Waals surface area contributed by atoms with E-state index >= 15 is 0 Å². The lowest BCUT2D eigenvalue weighted by atomic mass is 9.98. The van der Waals surface area contributed by atoms with Crippen LogP contribution in [0.5, 0.6) is 5.88 Å². The van der Waals surface area contributed by atoms with Crippen LogP contribution in [0.15, 0.2) is 30.6 Å². The second-order valence-electron chi connectivity index (χ2n) is 5.45. The van der Waals surface area contributed by atoms with Crippen LogP contribution in [0, 0.1) is 0 Å². The Labute approximate surface area is 134 Å². The van der Waals surface area contributed by atoms with Crippen molar-refractivity contribution in [2.45, 2.75) is 38.2 Å². The fourth-order valence-corrected chi connectivity index (χ4v) is 2.71. The quantitative estimate of drug-likeness (QED) is 0.885. The van der Waals surface area contributed by atoms with Gasteiger partial charge in [0.2, 0.25) is 5.88 Å². The van der Waals surface area contributed by atoms with Crippen LogP contribution in [0.25, 0.3) is 0 Å². The van der Waals surface area contributed by atoms with Gasteiger partial charge in [0, 0.05) is 10.7 Å². The molecule has 1 aromatic carbocycles. The summed E-state index contributed by atoms with van der Waals surface area (Å²) in [7, 11) is 0. The van der Waals surface area contributed by atoms with E-state index < -0.39 is 0 Å². The van der Waals surface area contributed by atoms with Crippen LogP contribution in [-0.4, -0.2) is 16.1 Å². The summed E-state index contributed by atoms with van der Waals surface area (Å²) in [5.74, 6) is 1.00. The van der Waals surface area contributed by atoms with Crippen molar-refractivity contribution >= 4 is 28.8 Å². The number of halogens is 1. The summed E-state index contributed by atoms with van der Waals surface area (Å²) in [6, 6.07) is 7.35. The smallest absolute Gasteiger partial charge is 0.242 e. The summed E-state index contributed by atoms with van der Waals surface area (Å²) in [5, 5.41) is 3.85. The van der Waals surface area contributed by atoms with Crippen LogP contribution in [0.2, 0.25) is 5.02 Å². The molecule has 0 amide bonds. The van der Waals surface area contributed by atoms with Gasteiger partial charge in [0.25, 0.3) is 0 Å². The van der Waals surface area contributed by atoms with Gasteiger partial charge in [-0.1, -0.05) is 18.0 Å². The molecule has 1 aliphatic rings. The molecule has 1 aromatic heterocycles. The maximum Gasteiger partial charge on any atom is 0.242 e. The molecule has 22 heavy (non-hydrogen) atoms. The van der Waals surface area contributed by atoms with Gasteiger partial charge in [0.1, 0.15) is 18.1 Å². The van der Waals surface area contributed by atoms with Crippen molar-refractivity contribution in [3.05, 3.63) is 35.6 Å². The van der Waals surface area contributed by atoms with Crippen molar-refractivity contribution in [3.63, 3.8) is 0 Å². The Kier molecular flexibility index (Phi) is 4.63. The fourth-order valence-electron chi connectivity index (χ4n) is 2.58. The highest BCUT2D eigenvalue weighted by molar-refractivity contribution is 6.30. The Morgan fingerprint density at radius 2 is 1.82 bits per heavy atom. The zero-order chi connectivity index (χ0) is 15.4. The Hall–Kier alpha value is -2.01. The molecule has 0 radical (unpaired) electrons. The van der Waals surface area contributed by atoms with Gasteiger partial charge in [0.05, 0.1) is 0 Å². The normalized spacial score (nSPS) is 15.5. The molecule has 2 aromatic rings. The number of nitrogens with zero attached hydrogens (tertiary/aromatic N) is 2. The Morgan fingerprint density at radius 3 is 2.55 bits per heavy atom. The lowest BCUT2D eigenvalue weighted by molar-refractivity contribution is 0.149. The molecule has 3 rings (SSSR count). The van der Waals surface area contributed by atoms with Crippen molar-refractivity contribution in [1.82, 2.24) is 9.97 Å². The van der Waals surface area contributed by atoms with E-state index in [0.29, 0.717) is 22.4 Å². The molecule has 1 heterocycles. The molecule has 0 atom stereocenters. The van der Waals surface area contributed by atoms with Gasteiger partial charge >= 0.3 is 0 Å². The van der Waals surface area contributed by atoms with Crippen molar-refractivity contribution < 1.29 is 4.74 Å². The molecule has 0 saturated heterocycles. The van der Waals surface area contributed by atoms with Crippen LogP contribution >= 0.6 is 11.6 Å². The first-order chi connectivity index (χ1) is 10.7. The summed E-state index contributed by atoms with van der Waals surface area (Å²) in [5.41, 5.74) is 7.43. The number of nitrogens with one attached hydrogen (secondary N) is 1. The summed E-state index contributed by atoms with van der Waals surface area (Å²) in [4.78, 5) is 8.36. The van der Waals surface area contributed by atoms with E-state index in [4.69, 9.17) is 22.1 Å². The summed E-state index contributed by atoms with van der Waals surface area (Å²) < 4.78 is 5.95. The number of ether oxygens (including phenoxy) is 1. The fraction of sp³-hybridized carbons (Fsp3) is 0.375. The predicted octanol–water partition coefficient (Wildman–Crippen LogP) is 4.17. The maximum absolute atomic E-state index is 6.14. The third kappa shape index (κ3) is 3.60. The monoisotopic (exact) mass is 318 g/mol. The average Bonchev–Trinajstić information content (AvgIpc) is 2.54. The number of nitrogen functional groups attached to an aromatic ring is 1. The summed E-state index contributed by atoms with van der Waals surface area (Å²) in [6.07, 6.45) is 7.47. The van der Waals surface area contributed by atoms with Crippen LogP contribution in [-0.2, 0) is 0 Å². The molecule has 0 bridgehead atoms. The number of anilines is 3. The molecule has 1 saturated carbocycles. The maximum atomic E-state index is 6.14. The lowest BCUT2D eigenvalue weighted by Gasteiger charge is -2.23. The van der Waals surface area contributed by atoms with Gasteiger partial charge in [-0.25, -0.2) is 4.98 Å². The average molecular weight is 319 g/mol. The minimum absolute atomic E-state index is 0.203. The molecule has 1 fully saturated rings. The standard InChI is InChI=1S/C16H19ClN4O/c17-11-6-8-12(9-7-11)21-15-14(18)16(20-10-19-15)22-13-4-2-1-3-5-13/h6-10,13H,1-5,18H2,(H,19,20,21). The van der Waals surface area contributed by atoms with Gasteiger partial charge < -0.3 is 15.8 Å². The first-order valence-corrected chi connectivity index (χ1v) is 7.90. The Bertz CT molecular complexity index is 627. The van der Waals surface area contributed by atoms with Crippen molar-refractivity contribution in [2.24, 2.45) is 0 Å². The number of nitrogens with two attached hydrogens (primary N) is 1. The molecule has 0 spiro atoms. The van der Waals surface area contributed by atoms with Gasteiger partial charge in [-0.05, 0) is 49.9 Å². The molecule has 116 valence electrons. The Morgan fingerprint density at radius 1 is 1.09 bits per heavy atom. The highest BCUT2D eigenvalue weighted by Crippen LogP contribution is 2.30. The first kappa shape index (κ1) is 14.9. The molecule has 3 N–H and O–H groups in total. The van der Waals surface area contributed by atoms with Gasteiger partial charge in [-0.15, -0.1) is 0 Å². The second kappa shape index (κ2) is 6.83. The van der Waals surface area contributed by atoms with E-state index in [9.17, 15) is 0 Å². The highest BCUT2D eigenvalue weighted by atomic mass is 35.5. The summed E-state index contributed by atoms with van der Waals surface area (Å²) >= 11 is 5.88. The summed E-state index contributed by atoms with van der Waals surface area (Å²) in [6.45, 7) is 0. The number of hydrogen-bond donors (Lipinski definition) is 2. The Balaban J connectivity index is 1.74. The molecule has 1 aliphatic carbocycles. The van der Waals surface area contributed by atoms with E-state index in [-0.39, 0.29) is 6.10 Å².